The van der Waals surface area contributed by atoms with E-state index in [1.165, 1.54) is 12.8 Å². The lowest BCUT2D eigenvalue weighted by molar-refractivity contribution is -0.0709. The smallest absolute Gasteiger partial charge is 0.271 e. The van der Waals surface area contributed by atoms with Gasteiger partial charge in [0, 0.05) is 26.3 Å². The minimum absolute atomic E-state index is 0.00784. The summed E-state index contributed by atoms with van der Waals surface area (Å²) in [6.07, 6.45) is 4.45. The molecule has 4 rings (SSSR count). The lowest BCUT2D eigenvalue weighted by atomic mass is 9.97. The first-order chi connectivity index (χ1) is 12.7. The Morgan fingerprint density at radius 1 is 1.08 bits per heavy atom. The van der Waals surface area contributed by atoms with Gasteiger partial charge in [-0.2, -0.15) is 0 Å². The van der Waals surface area contributed by atoms with E-state index in [0.717, 1.165) is 30.9 Å². The minimum Gasteiger partial charge on any atom is -0.373 e. The third-order valence-electron chi connectivity index (χ3n) is 5.55. The molecular formula is C21H27N3O2. The van der Waals surface area contributed by atoms with Crippen molar-refractivity contribution in [2.24, 2.45) is 7.05 Å². The van der Waals surface area contributed by atoms with Crippen molar-refractivity contribution >= 4 is 5.91 Å². The van der Waals surface area contributed by atoms with Gasteiger partial charge in [0.15, 0.2) is 0 Å². The van der Waals surface area contributed by atoms with E-state index in [-0.39, 0.29) is 18.1 Å². The number of benzene rings is 1. The van der Waals surface area contributed by atoms with Crippen LogP contribution in [0.3, 0.4) is 0 Å². The molecule has 0 bridgehead atoms. The molecule has 2 aromatic rings. The van der Waals surface area contributed by atoms with Crippen LogP contribution in [0.5, 0.6) is 0 Å². The molecule has 0 saturated carbocycles. The van der Waals surface area contributed by atoms with Crippen LogP contribution in [0.2, 0.25) is 0 Å². The summed E-state index contributed by atoms with van der Waals surface area (Å²) in [6, 6.07) is 14.1. The molecule has 1 aromatic carbocycles. The summed E-state index contributed by atoms with van der Waals surface area (Å²) in [5.74, 6) is 0.0843. The van der Waals surface area contributed by atoms with Crippen LogP contribution in [-0.2, 0) is 11.8 Å². The number of nitrogens with zero attached hydrogens (tertiary/aromatic N) is 3. The van der Waals surface area contributed by atoms with E-state index in [0.29, 0.717) is 13.2 Å². The molecule has 2 atom stereocenters. The van der Waals surface area contributed by atoms with Gasteiger partial charge in [-0.15, -0.1) is 0 Å². The third-order valence-corrected chi connectivity index (χ3v) is 5.55. The molecule has 0 aliphatic carbocycles. The number of likely N-dealkylation sites (tertiary alicyclic amines) is 1. The van der Waals surface area contributed by atoms with E-state index in [2.05, 4.69) is 17.0 Å². The summed E-state index contributed by atoms with van der Waals surface area (Å²) < 4.78 is 8.09. The van der Waals surface area contributed by atoms with Gasteiger partial charge in [0.25, 0.3) is 5.91 Å². The van der Waals surface area contributed by atoms with Crippen molar-refractivity contribution in [3.63, 3.8) is 0 Å². The van der Waals surface area contributed by atoms with Gasteiger partial charge >= 0.3 is 0 Å². The van der Waals surface area contributed by atoms with E-state index in [9.17, 15) is 4.79 Å². The van der Waals surface area contributed by atoms with E-state index in [1.54, 1.807) is 0 Å². The number of morpholine rings is 1. The molecule has 0 spiro atoms. The number of carbonyl (C=O) groups excluding carboxylic acids is 1. The second-order valence-electron chi connectivity index (χ2n) is 7.28. The average Bonchev–Trinajstić information content (AvgIpc) is 3.33. The van der Waals surface area contributed by atoms with Crippen molar-refractivity contribution in [1.82, 2.24) is 14.4 Å². The van der Waals surface area contributed by atoms with Gasteiger partial charge in [-0.05, 0) is 43.6 Å². The van der Waals surface area contributed by atoms with Crippen molar-refractivity contribution in [2.75, 3.05) is 32.8 Å². The zero-order valence-corrected chi connectivity index (χ0v) is 15.4. The van der Waals surface area contributed by atoms with Crippen molar-refractivity contribution < 1.29 is 9.53 Å². The van der Waals surface area contributed by atoms with Crippen LogP contribution in [-0.4, -0.2) is 59.2 Å². The van der Waals surface area contributed by atoms with Crippen LogP contribution >= 0.6 is 0 Å². The highest BCUT2D eigenvalue weighted by atomic mass is 16.5. The molecule has 2 fully saturated rings. The highest BCUT2D eigenvalue weighted by molar-refractivity contribution is 5.93. The highest BCUT2D eigenvalue weighted by Crippen LogP contribution is 2.32. The second-order valence-corrected chi connectivity index (χ2v) is 7.28. The van der Waals surface area contributed by atoms with Gasteiger partial charge < -0.3 is 19.1 Å². The number of hydrogen-bond acceptors (Lipinski definition) is 3. The molecule has 2 aliphatic rings. The van der Waals surface area contributed by atoms with E-state index in [4.69, 9.17) is 4.74 Å². The van der Waals surface area contributed by atoms with Gasteiger partial charge in [0.1, 0.15) is 5.69 Å². The molecule has 26 heavy (non-hydrogen) atoms. The van der Waals surface area contributed by atoms with Gasteiger partial charge in [-0.1, -0.05) is 30.3 Å². The van der Waals surface area contributed by atoms with E-state index in [1.807, 2.05) is 53.0 Å². The Labute approximate surface area is 155 Å². The maximum Gasteiger partial charge on any atom is 0.271 e. The first-order valence-electron chi connectivity index (χ1n) is 9.55. The molecule has 0 unspecified atom stereocenters. The number of carbonyl (C=O) groups is 1. The summed E-state index contributed by atoms with van der Waals surface area (Å²) in [5, 5.41) is 0. The molecular weight excluding hydrogens is 326 g/mol. The molecule has 3 heterocycles. The Balaban J connectivity index is 1.64. The fraction of sp³-hybridized carbons (Fsp3) is 0.476. The van der Waals surface area contributed by atoms with Crippen molar-refractivity contribution in [3.8, 4) is 0 Å². The highest BCUT2D eigenvalue weighted by Gasteiger charge is 2.38. The Morgan fingerprint density at radius 2 is 1.85 bits per heavy atom. The monoisotopic (exact) mass is 353 g/mol. The average molecular weight is 353 g/mol. The molecule has 0 N–H and O–H groups in total. The molecule has 5 heteroatoms. The number of rotatable bonds is 4. The predicted molar refractivity (Wildman–Crippen MR) is 101 cm³/mol. The van der Waals surface area contributed by atoms with Crippen LogP contribution in [0.1, 0.15) is 34.9 Å². The van der Waals surface area contributed by atoms with E-state index < -0.39 is 0 Å². The first kappa shape index (κ1) is 17.3. The lowest BCUT2D eigenvalue weighted by Gasteiger charge is -2.42. The van der Waals surface area contributed by atoms with Crippen molar-refractivity contribution in [3.05, 3.63) is 59.9 Å². The van der Waals surface area contributed by atoms with Crippen LogP contribution in [0.4, 0.5) is 0 Å². The predicted octanol–water partition coefficient (Wildman–Crippen LogP) is 2.70. The fourth-order valence-corrected chi connectivity index (χ4v) is 4.21. The number of amides is 1. The largest absolute Gasteiger partial charge is 0.373 e. The van der Waals surface area contributed by atoms with Gasteiger partial charge in [-0.3, -0.25) is 4.79 Å². The topological polar surface area (TPSA) is 37.7 Å². The molecule has 2 aliphatic heterocycles. The van der Waals surface area contributed by atoms with Crippen molar-refractivity contribution in [1.29, 1.82) is 0 Å². The van der Waals surface area contributed by atoms with Crippen LogP contribution in [0, 0.1) is 0 Å². The van der Waals surface area contributed by atoms with E-state index >= 15 is 0 Å². The summed E-state index contributed by atoms with van der Waals surface area (Å²) in [7, 11) is 1.92. The summed E-state index contributed by atoms with van der Waals surface area (Å²) >= 11 is 0. The normalized spacial score (nSPS) is 24.1. The summed E-state index contributed by atoms with van der Waals surface area (Å²) in [6.45, 7) is 4.37. The van der Waals surface area contributed by atoms with Gasteiger partial charge in [0.2, 0.25) is 0 Å². The number of aromatic nitrogens is 1. The van der Waals surface area contributed by atoms with Gasteiger partial charge in [0.05, 0.1) is 18.8 Å². The van der Waals surface area contributed by atoms with Crippen molar-refractivity contribution in [2.45, 2.75) is 25.0 Å². The Kier molecular flexibility index (Phi) is 5.09. The molecule has 138 valence electrons. The van der Waals surface area contributed by atoms with Crippen LogP contribution in [0.15, 0.2) is 48.7 Å². The maximum atomic E-state index is 13.3. The lowest BCUT2D eigenvalue weighted by Crippen LogP contribution is -2.51. The number of ether oxygens (including phenoxy) is 1. The Hall–Kier alpha value is -2.11. The summed E-state index contributed by atoms with van der Waals surface area (Å²) in [5.41, 5.74) is 1.88. The first-order valence-corrected chi connectivity index (χ1v) is 9.55. The fourth-order valence-electron chi connectivity index (χ4n) is 4.21. The quantitative estimate of drug-likeness (QED) is 0.848. The zero-order chi connectivity index (χ0) is 17.9. The van der Waals surface area contributed by atoms with Crippen LogP contribution < -0.4 is 0 Å². The Bertz CT molecular complexity index is 737. The Morgan fingerprint density at radius 3 is 2.54 bits per heavy atom. The van der Waals surface area contributed by atoms with Gasteiger partial charge in [-0.25, -0.2) is 0 Å². The molecule has 5 nitrogen and oxygen atoms in total. The molecule has 0 radical (unpaired) electrons. The standard InChI is InChI=1S/C21H27N3O2/c1-22-11-7-10-18(22)21(25)24-14-15-26-19(16-23-12-5-6-13-23)20(24)17-8-3-2-4-9-17/h2-4,7-11,19-20H,5-6,12-16H2,1H3/t19-,20-/m0/s1. The SMILES string of the molecule is Cn1cccc1C(=O)N1CCO[C@@H](CN2CCCC2)[C@@H]1c1ccccc1. The molecule has 1 aromatic heterocycles. The number of hydrogen-bond donors (Lipinski definition) is 0. The molecule has 1 amide bonds. The van der Waals surface area contributed by atoms with Crippen LogP contribution in [0.25, 0.3) is 0 Å². The second kappa shape index (κ2) is 7.64. The zero-order valence-electron chi connectivity index (χ0n) is 15.4. The summed E-state index contributed by atoms with van der Waals surface area (Å²) in [4.78, 5) is 17.8. The third kappa shape index (κ3) is 3.41. The maximum absolute atomic E-state index is 13.3. The molecule has 2 saturated heterocycles. The number of aryl methyl sites for hydroxylation is 1. The minimum atomic E-state index is -0.0482.